The second kappa shape index (κ2) is 8.25. The summed E-state index contributed by atoms with van der Waals surface area (Å²) in [6, 6.07) is 17.8. The predicted octanol–water partition coefficient (Wildman–Crippen LogP) is 4.16. The number of esters is 1. The number of carbonyl (C=O) groups is 2. The number of thioether (sulfide) groups is 1. The third-order valence-electron chi connectivity index (χ3n) is 5.07. The Hall–Kier alpha value is -2.86. The first-order valence-corrected chi connectivity index (χ1v) is 10.6. The summed E-state index contributed by atoms with van der Waals surface area (Å²) in [5.74, 6) is -0.499. The Bertz CT molecular complexity index is 1080. The van der Waals surface area contributed by atoms with E-state index in [1.54, 1.807) is 4.90 Å². The fraction of sp³-hybridized carbons (Fsp3) is 0.261. The molecule has 3 aromatic rings. The number of rotatable bonds is 5. The van der Waals surface area contributed by atoms with Gasteiger partial charge in [0.1, 0.15) is 0 Å². The summed E-state index contributed by atoms with van der Waals surface area (Å²) >= 11 is 1.32. The highest BCUT2D eigenvalue weighted by Crippen LogP contribution is 2.31. The summed E-state index contributed by atoms with van der Waals surface area (Å²) in [7, 11) is 0. The number of hydrogen-bond donors (Lipinski definition) is 0. The minimum atomic E-state index is -0.420. The van der Waals surface area contributed by atoms with Gasteiger partial charge >= 0.3 is 5.97 Å². The molecule has 0 saturated carbocycles. The first-order chi connectivity index (χ1) is 14.0. The molecular weight excluding hydrogens is 384 g/mol. The van der Waals surface area contributed by atoms with E-state index in [0.717, 1.165) is 39.2 Å². The molecule has 0 radical (unpaired) electrons. The average molecular weight is 407 g/mol. The van der Waals surface area contributed by atoms with E-state index in [1.165, 1.54) is 11.8 Å². The number of para-hydroxylation sites is 2. The van der Waals surface area contributed by atoms with Crippen molar-refractivity contribution in [3.63, 3.8) is 0 Å². The molecule has 0 fully saturated rings. The number of aryl methyl sites for hydroxylation is 1. The number of anilines is 1. The van der Waals surface area contributed by atoms with E-state index in [2.05, 4.69) is 4.98 Å². The number of ether oxygens (including phenoxy) is 1. The van der Waals surface area contributed by atoms with Crippen LogP contribution in [0, 0.1) is 6.92 Å². The lowest BCUT2D eigenvalue weighted by molar-refractivity contribution is -0.145. The normalized spacial score (nSPS) is 15.4. The monoisotopic (exact) mass is 406 g/mol. The van der Waals surface area contributed by atoms with Crippen molar-refractivity contribution in [2.45, 2.75) is 31.3 Å². The number of pyridine rings is 1. The largest absolute Gasteiger partial charge is 0.455 e. The van der Waals surface area contributed by atoms with Gasteiger partial charge in [-0.1, -0.05) is 48.2 Å². The maximum atomic E-state index is 12.6. The molecule has 1 amide bonds. The molecule has 0 saturated heterocycles. The van der Waals surface area contributed by atoms with Crippen molar-refractivity contribution < 1.29 is 14.3 Å². The number of aromatic nitrogens is 1. The van der Waals surface area contributed by atoms with Gasteiger partial charge in [-0.2, -0.15) is 0 Å². The Morgan fingerprint density at radius 2 is 1.93 bits per heavy atom. The molecule has 1 aromatic heterocycles. The van der Waals surface area contributed by atoms with E-state index in [-0.39, 0.29) is 24.3 Å². The van der Waals surface area contributed by atoms with Crippen LogP contribution < -0.4 is 4.90 Å². The molecule has 1 aliphatic rings. The summed E-state index contributed by atoms with van der Waals surface area (Å²) in [6.07, 6.45) is 0.818. The van der Waals surface area contributed by atoms with Gasteiger partial charge in [-0.25, -0.2) is 4.98 Å². The highest BCUT2D eigenvalue weighted by Gasteiger charge is 2.30. The summed E-state index contributed by atoms with van der Waals surface area (Å²) in [4.78, 5) is 31.1. The van der Waals surface area contributed by atoms with Crippen LogP contribution in [0.3, 0.4) is 0 Å². The van der Waals surface area contributed by atoms with Crippen LogP contribution in [0.2, 0.25) is 0 Å². The Morgan fingerprint density at radius 3 is 2.79 bits per heavy atom. The van der Waals surface area contributed by atoms with Crippen LogP contribution in [0.4, 0.5) is 5.69 Å². The van der Waals surface area contributed by atoms with Gasteiger partial charge in [0.05, 0.1) is 16.3 Å². The molecule has 0 unspecified atom stereocenters. The maximum Gasteiger partial charge on any atom is 0.316 e. The lowest BCUT2D eigenvalue weighted by Crippen LogP contribution is -2.38. The smallest absolute Gasteiger partial charge is 0.316 e. The van der Waals surface area contributed by atoms with Crippen LogP contribution in [0.25, 0.3) is 10.9 Å². The lowest BCUT2D eigenvalue weighted by atomic mass is 10.1. The SMILES string of the molecule is Cc1cc(SCC(=O)OCC(=O)N2c3ccccc3C[C@H]2C)nc2ccccc12. The van der Waals surface area contributed by atoms with Crippen molar-refractivity contribution in [2.24, 2.45) is 0 Å². The zero-order chi connectivity index (χ0) is 20.4. The molecule has 2 heterocycles. The molecule has 0 N–H and O–H groups in total. The molecule has 1 atom stereocenters. The number of fused-ring (bicyclic) bond motifs is 2. The minimum Gasteiger partial charge on any atom is -0.455 e. The van der Waals surface area contributed by atoms with Gasteiger partial charge in [-0.05, 0) is 49.6 Å². The molecule has 4 rings (SSSR count). The quantitative estimate of drug-likeness (QED) is 0.470. The van der Waals surface area contributed by atoms with Crippen molar-refractivity contribution in [2.75, 3.05) is 17.3 Å². The third kappa shape index (κ3) is 4.12. The Labute approximate surface area is 174 Å². The molecule has 1 aliphatic heterocycles. The molecule has 2 aromatic carbocycles. The average Bonchev–Trinajstić information content (AvgIpc) is 3.06. The predicted molar refractivity (Wildman–Crippen MR) is 115 cm³/mol. The van der Waals surface area contributed by atoms with E-state index in [1.807, 2.05) is 68.4 Å². The van der Waals surface area contributed by atoms with E-state index in [0.29, 0.717) is 0 Å². The molecule has 148 valence electrons. The highest BCUT2D eigenvalue weighted by molar-refractivity contribution is 7.99. The van der Waals surface area contributed by atoms with E-state index in [9.17, 15) is 9.59 Å². The van der Waals surface area contributed by atoms with Crippen molar-refractivity contribution in [1.82, 2.24) is 4.98 Å². The highest BCUT2D eigenvalue weighted by atomic mass is 32.2. The van der Waals surface area contributed by atoms with Crippen LogP contribution in [-0.2, 0) is 20.7 Å². The molecule has 0 spiro atoms. The summed E-state index contributed by atoms with van der Waals surface area (Å²) in [5, 5.41) is 1.87. The first kappa shape index (κ1) is 19.5. The second-order valence-electron chi connectivity index (χ2n) is 7.19. The lowest BCUT2D eigenvalue weighted by Gasteiger charge is -2.22. The number of benzene rings is 2. The zero-order valence-electron chi connectivity index (χ0n) is 16.4. The van der Waals surface area contributed by atoms with Crippen molar-refractivity contribution >= 4 is 40.2 Å². The van der Waals surface area contributed by atoms with Crippen molar-refractivity contribution in [3.05, 3.63) is 65.7 Å². The van der Waals surface area contributed by atoms with Gasteiger partial charge < -0.3 is 9.64 Å². The van der Waals surface area contributed by atoms with Gasteiger partial charge in [0, 0.05) is 17.1 Å². The van der Waals surface area contributed by atoms with Crippen molar-refractivity contribution in [3.8, 4) is 0 Å². The molecule has 0 bridgehead atoms. The Kier molecular flexibility index (Phi) is 5.53. The summed E-state index contributed by atoms with van der Waals surface area (Å²) in [6.45, 7) is 3.78. The Morgan fingerprint density at radius 1 is 1.17 bits per heavy atom. The Balaban J connectivity index is 1.33. The number of amides is 1. The van der Waals surface area contributed by atoms with Crippen LogP contribution >= 0.6 is 11.8 Å². The van der Waals surface area contributed by atoms with E-state index < -0.39 is 5.97 Å². The van der Waals surface area contributed by atoms with Gasteiger partial charge in [-0.15, -0.1) is 0 Å². The fourth-order valence-corrected chi connectivity index (χ4v) is 4.50. The standard InChI is InChI=1S/C23H22N2O3S/c1-15-11-21(24-19-9-5-4-8-18(15)19)29-14-23(27)28-13-22(26)25-16(2)12-17-7-3-6-10-20(17)25/h3-11,16H,12-14H2,1-2H3/t16-/m1/s1. The van der Waals surface area contributed by atoms with E-state index in [4.69, 9.17) is 4.74 Å². The zero-order valence-corrected chi connectivity index (χ0v) is 17.2. The number of nitrogens with zero attached hydrogens (tertiary/aromatic N) is 2. The van der Waals surface area contributed by atoms with Crippen LogP contribution in [0.15, 0.2) is 59.6 Å². The van der Waals surface area contributed by atoms with Gasteiger partial charge in [0.15, 0.2) is 6.61 Å². The topological polar surface area (TPSA) is 59.5 Å². The molecule has 6 heteroatoms. The fourth-order valence-electron chi connectivity index (χ4n) is 3.72. The van der Waals surface area contributed by atoms with Crippen LogP contribution in [-0.4, -0.2) is 35.3 Å². The molecule has 29 heavy (non-hydrogen) atoms. The van der Waals surface area contributed by atoms with Crippen LogP contribution in [0.1, 0.15) is 18.1 Å². The third-order valence-corrected chi connectivity index (χ3v) is 5.95. The minimum absolute atomic E-state index is 0.0674. The van der Waals surface area contributed by atoms with Crippen LogP contribution in [0.5, 0.6) is 0 Å². The van der Waals surface area contributed by atoms with Gasteiger partial charge in [0.25, 0.3) is 5.91 Å². The summed E-state index contributed by atoms with van der Waals surface area (Å²) < 4.78 is 5.24. The van der Waals surface area contributed by atoms with Gasteiger partial charge in [-0.3, -0.25) is 9.59 Å². The number of carbonyl (C=O) groups excluding carboxylic acids is 2. The van der Waals surface area contributed by atoms with E-state index >= 15 is 0 Å². The summed E-state index contributed by atoms with van der Waals surface area (Å²) in [5.41, 5.74) is 4.07. The van der Waals surface area contributed by atoms with Gasteiger partial charge in [0.2, 0.25) is 0 Å². The molecule has 5 nitrogen and oxygen atoms in total. The van der Waals surface area contributed by atoms with Crippen molar-refractivity contribution in [1.29, 1.82) is 0 Å². The first-order valence-electron chi connectivity index (χ1n) is 9.57. The number of hydrogen-bond acceptors (Lipinski definition) is 5. The maximum absolute atomic E-state index is 12.6. The molecular formula is C23H22N2O3S. The molecule has 0 aliphatic carbocycles. The second-order valence-corrected chi connectivity index (χ2v) is 8.19.